The number of halogens is 1. The lowest BCUT2D eigenvalue weighted by molar-refractivity contribution is 0.183. The number of nitrogens with one attached hydrogen (secondary N) is 1. The van der Waals surface area contributed by atoms with Gasteiger partial charge in [0.1, 0.15) is 0 Å². The molecule has 0 bridgehead atoms. The normalized spacial score (nSPS) is 10.0. The minimum absolute atomic E-state index is 0.0925. The van der Waals surface area contributed by atoms with E-state index < -0.39 is 0 Å². The van der Waals surface area contributed by atoms with Gasteiger partial charge in [0.05, 0.1) is 12.2 Å². The molecule has 5 heteroatoms. The number of H-pyrrole nitrogens is 1. The Morgan fingerprint density at radius 2 is 2.55 bits per heavy atom. The Labute approximate surface area is 68.2 Å². The van der Waals surface area contributed by atoms with Crippen LogP contribution >= 0.6 is 11.6 Å². The smallest absolute Gasteiger partial charge is 0.279 e. The summed E-state index contributed by atoms with van der Waals surface area (Å²) in [6.07, 6.45) is 1.49. The predicted octanol–water partition coefficient (Wildman–Crippen LogP) is 0.570. The number of aromatic nitrogens is 2. The molecule has 0 atom stereocenters. The highest BCUT2D eigenvalue weighted by Crippen LogP contribution is 1.95. The number of aromatic amines is 1. The quantitative estimate of drug-likeness (QED) is 0.667. The van der Waals surface area contributed by atoms with Crippen LogP contribution in [-0.4, -0.2) is 17.1 Å². The van der Waals surface area contributed by atoms with Gasteiger partial charge in [-0.05, 0) is 11.6 Å². The Bertz CT molecular complexity index is 297. The number of nitrogens with zero attached hydrogens (tertiary/aromatic N) is 1. The fourth-order valence-corrected chi connectivity index (χ4v) is 0.792. The number of methoxy groups -OCH3 is 1. The van der Waals surface area contributed by atoms with Gasteiger partial charge in [0.15, 0.2) is 0 Å². The second-order valence-corrected chi connectivity index (χ2v) is 2.31. The molecule has 0 aromatic carbocycles. The molecule has 4 nitrogen and oxygen atoms in total. The summed E-state index contributed by atoms with van der Waals surface area (Å²) in [7, 11) is 1.51. The number of ether oxygens (including phenoxy) is 1. The summed E-state index contributed by atoms with van der Waals surface area (Å²) in [6, 6.07) is 0. The molecule has 0 amide bonds. The van der Waals surface area contributed by atoms with Gasteiger partial charge in [-0.1, -0.05) is 0 Å². The summed E-state index contributed by atoms with van der Waals surface area (Å²) in [5.74, 6) is 0. The first-order valence-electron chi connectivity index (χ1n) is 2.97. The van der Waals surface area contributed by atoms with E-state index in [1.807, 2.05) is 0 Å². The molecule has 0 aliphatic heterocycles. The zero-order chi connectivity index (χ0) is 8.27. The summed E-state index contributed by atoms with van der Waals surface area (Å²) >= 11 is 5.41. The van der Waals surface area contributed by atoms with Crippen molar-refractivity contribution in [2.75, 3.05) is 7.11 Å². The molecule has 0 spiro atoms. The van der Waals surface area contributed by atoms with Crippen LogP contribution in [0.1, 0.15) is 5.56 Å². The van der Waals surface area contributed by atoms with E-state index in [0.717, 1.165) is 0 Å². The molecule has 0 saturated heterocycles. The predicted molar refractivity (Wildman–Crippen MR) is 40.6 cm³/mol. The van der Waals surface area contributed by atoms with Gasteiger partial charge in [-0.25, -0.2) is 0 Å². The Hall–Kier alpha value is -0.870. The lowest BCUT2D eigenvalue weighted by Crippen LogP contribution is -2.13. The first kappa shape index (κ1) is 8.23. The second kappa shape index (κ2) is 3.50. The van der Waals surface area contributed by atoms with Gasteiger partial charge in [-0.2, -0.15) is 4.98 Å². The van der Waals surface area contributed by atoms with Crippen LogP contribution < -0.4 is 5.56 Å². The topological polar surface area (TPSA) is 55.0 Å². The van der Waals surface area contributed by atoms with Crippen molar-refractivity contribution >= 4 is 11.6 Å². The fourth-order valence-electron chi connectivity index (χ4n) is 0.661. The maximum Gasteiger partial charge on any atom is 0.279 e. The third kappa shape index (κ3) is 2.03. The van der Waals surface area contributed by atoms with Gasteiger partial charge >= 0.3 is 0 Å². The molecule has 1 N–H and O–H groups in total. The molecule has 0 fully saturated rings. The van der Waals surface area contributed by atoms with Crippen molar-refractivity contribution in [3.8, 4) is 0 Å². The highest BCUT2D eigenvalue weighted by atomic mass is 35.5. The lowest BCUT2D eigenvalue weighted by Gasteiger charge is -1.96. The summed E-state index contributed by atoms with van der Waals surface area (Å²) in [5, 5.41) is 0.0925. The highest BCUT2D eigenvalue weighted by Gasteiger charge is 1.99. The molecule has 0 unspecified atom stereocenters. The zero-order valence-corrected chi connectivity index (χ0v) is 6.68. The van der Waals surface area contributed by atoms with Crippen molar-refractivity contribution in [1.82, 2.24) is 9.97 Å². The largest absolute Gasteiger partial charge is 0.380 e. The number of rotatable bonds is 2. The van der Waals surface area contributed by atoms with Gasteiger partial charge in [-0.15, -0.1) is 0 Å². The average molecular weight is 175 g/mol. The highest BCUT2D eigenvalue weighted by molar-refractivity contribution is 6.28. The van der Waals surface area contributed by atoms with E-state index in [9.17, 15) is 4.79 Å². The molecule has 0 radical (unpaired) electrons. The summed E-state index contributed by atoms with van der Waals surface area (Å²) in [6.45, 7) is 0.250. The van der Waals surface area contributed by atoms with E-state index >= 15 is 0 Å². The summed E-state index contributed by atoms with van der Waals surface area (Å²) < 4.78 is 4.75. The van der Waals surface area contributed by atoms with Gasteiger partial charge in [0, 0.05) is 13.3 Å². The Kier molecular flexibility index (Phi) is 2.62. The number of hydrogen-bond donors (Lipinski definition) is 1. The summed E-state index contributed by atoms with van der Waals surface area (Å²) in [4.78, 5) is 17.0. The molecule has 60 valence electrons. The third-order valence-corrected chi connectivity index (χ3v) is 1.33. The lowest BCUT2D eigenvalue weighted by atomic mass is 10.4. The molecule has 11 heavy (non-hydrogen) atoms. The van der Waals surface area contributed by atoms with Crippen LogP contribution in [0.15, 0.2) is 11.0 Å². The van der Waals surface area contributed by atoms with E-state index in [1.54, 1.807) is 0 Å². The van der Waals surface area contributed by atoms with Crippen LogP contribution in [0.25, 0.3) is 0 Å². The van der Waals surface area contributed by atoms with E-state index in [2.05, 4.69) is 9.97 Å². The van der Waals surface area contributed by atoms with Gasteiger partial charge < -0.3 is 9.72 Å². The molecule has 1 heterocycles. The van der Waals surface area contributed by atoms with Crippen LogP contribution in [0.4, 0.5) is 0 Å². The van der Waals surface area contributed by atoms with Crippen LogP contribution in [0.5, 0.6) is 0 Å². The van der Waals surface area contributed by atoms with Gasteiger partial charge in [0.25, 0.3) is 5.56 Å². The van der Waals surface area contributed by atoms with E-state index in [-0.39, 0.29) is 17.4 Å². The van der Waals surface area contributed by atoms with E-state index in [0.29, 0.717) is 5.56 Å². The Balaban J connectivity index is 3.00. The van der Waals surface area contributed by atoms with Crippen molar-refractivity contribution in [2.24, 2.45) is 0 Å². The monoisotopic (exact) mass is 174 g/mol. The number of hydrogen-bond acceptors (Lipinski definition) is 3. The van der Waals surface area contributed by atoms with Crippen molar-refractivity contribution in [2.45, 2.75) is 6.61 Å². The molecule has 0 aliphatic rings. The molecular formula is C6H7ClN2O2. The van der Waals surface area contributed by atoms with Crippen LogP contribution in [0, 0.1) is 0 Å². The minimum Gasteiger partial charge on any atom is -0.380 e. The van der Waals surface area contributed by atoms with Crippen molar-refractivity contribution < 1.29 is 4.74 Å². The Morgan fingerprint density at radius 1 is 1.82 bits per heavy atom. The van der Waals surface area contributed by atoms with Crippen molar-refractivity contribution in [3.05, 3.63) is 27.4 Å². The second-order valence-electron chi connectivity index (χ2n) is 1.95. The molecular weight excluding hydrogens is 168 g/mol. The molecule has 1 aromatic rings. The van der Waals surface area contributed by atoms with Crippen molar-refractivity contribution in [3.63, 3.8) is 0 Å². The standard InChI is InChI=1S/C6H7ClN2O2/c1-11-3-4-2-8-6(7)9-5(4)10/h2H,3H2,1H3,(H,8,9,10). The van der Waals surface area contributed by atoms with Gasteiger partial charge in [-0.3, -0.25) is 4.79 Å². The molecule has 0 aliphatic carbocycles. The van der Waals surface area contributed by atoms with E-state index in [4.69, 9.17) is 16.3 Å². The van der Waals surface area contributed by atoms with Crippen LogP contribution in [0.2, 0.25) is 5.28 Å². The van der Waals surface area contributed by atoms with Crippen LogP contribution in [-0.2, 0) is 11.3 Å². The minimum atomic E-state index is -0.351. The van der Waals surface area contributed by atoms with Gasteiger partial charge in [0.2, 0.25) is 5.28 Å². The fraction of sp³-hybridized carbons (Fsp3) is 0.333. The first-order valence-corrected chi connectivity index (χ1v) is 3.35. The average Bonchev–Trinajstić information content (AvgIpc) is 1.95. The summed E-state index contributed by atoms with van der Waals surface area (Å²) in [5.41, 5.74) is 0.118. The third-order valence-electron chi connectivity index (χ3n) is 1.14. The SMILES string of the molecule is COCc1c[nH]c(Cl)nc1=O. The molecule has 1 rings (SSSR count). The zero-order valence-electron chi connectivity index (χ0n) is 5.93. The Morgan fingerprint density at radius 3 is 3.09 bits per heavy atom. The van der Waals surface area contributed by atoms with Crippen LogP contribution in [0.3, 0.4) is 0 Å². The molecule has 0 saturated carbocycles. The maximum absolute atomic E-state index is 10.9. The first-order chi connectivity index (χ1) is 5.24. The molecule has 1 aromatic heterocycles. The maximum atomic E-state index is 10.9. The van der Waals surface area contributed by atoms with Crippen molar-refractivity contribution in [1.29, 1.82) is 0 Å². The van der Waals surface area contributed by atoms with E-state index in [1.165, 1.54) is 13.3 Å².